The van der Waals surface area contributed by atoms with E-state index in [0.717, 1.165) is 39.0 Å². The molecule has 1 aliphatic heterocycles. The third-order valence-corrected chi connectivity index (χ3v) is 4.44. The molecule has 0 atom stereocenters. The predicted octanol–water partition coefficient (Wildman–Crippen LogP) is 4.56. The molecule has 1 heterocycles. The molecule has 3 rings (SSSR count). The van der Waals surface area contributed by atoms with Crippen LogP contribution in [0, 0.1) is 0 Å². The van der Waals surface area contributed by atoms with E-state index in [1.54, 1.807) is 16.7 Å². The van der Waals surface area contributed by atoms with E-state index in [1.165, 1.54) is 0 Å². The molecule has 5 heteroatoms. The summed E-state index contributed by atoms with van der Waals surface area (Å²) < 4.78 is 0. The minimum absolute atomic E-state index is 0.871. The first-order valence-electron chi connectivity index (χ1n) is 7.33. The van der Waals surface area contributed by atoms with Crippen molar-refractivity contribution in [3.8, 4) is 0 Å². The number of fused-ring (bicyclic) bond motifs is 2. The number of benzene rings is 2. The molecular formula is C17H21N3OS. The Kier molecular flexibility index (Phi) is 5.33. The molecule has 0 aliphatic carbocycles. The molecule has 4 nitrogen and oxygen atoms in total. The van der Waals surface area contributed by atoms with E-state index in [2.05, 4.69) is 22.8 Å². The Morgan fingerprint density at radius 2 is 1.36 bits per heavy atom. The molecular weight excluding hydrogens is 294 g/mol. The predicted molar refractivity (Wildman–Crippen MR) is 95.7 cm³/mol. The van der Waals surface area contributed by atoms with Gasteiger partial charge in [0.15, 0.2) is 0 Å². The summed E-state index contributed by atoms with van der Waals surface area (Å²) in [7, 11) is 3.78. The van der Waals surface area contributed by atoms with Gasteiger partial charge in [0, 0.05) is 35.3 Å². The lowest BCUT2D eigenvalue weighted by atomic mass is 10.2. The van der Waals surface area contributed by atoms with Crippen LogP contribution < -0.4 is 15.5 Å². The molecule has 0 unspecified atom stereocenters. The molecule has 0 saturated heterocycles. The number of amides is 1. The van der Waals surface area contributed by atoms with Crippen LogP contribution in [-0.2, 0) is 4.79 Å². The standard InChI is InChI=1S/C15H15N3OS.C2H6/c1-16-10-3-5-12-14(7-10)20-15-8-11(17-2)4-6-13(15)18(12)9-19;1-2/h3-9,16-17H,1-2H3;1-2H3. The van der Waals surface area contributed by atoms with E-state index < -0.39 is 0 Å². The Labute approximate surface area is 135 Å². The van der Waals surface area contributed by atoms with Crippen molar-refractivity contribution in [3.05, 3.63) is 36.4 Å². The molecule has 0 aromatic heterocycles. The lowest BCUT2D eigenvalue weighted by molar-refractivity contribution is -0.106. The second-order valence-electron chi connectivity index (χ2n) is 4.44. The quantitative estimate of drug-likeness (QED) is 0.815. The molecule has 22 heavy (non-hydrogen) atoms. The zero-order chi connectivity index (χ0) is 16.1. The summed E-state index contributed by atoms with van der Waals surface area (Å²) in [4.78, 5) is 15.3. The highest BCUT2D eigenvalue weighted by Gasteiger charge is 2.23. The van der Waals surface area contributed by atoms with Crippen LogP contribution >= 0.6 is 11.8 Å². The highest BCUT2D eigenvalue weighted by atomic mass is 32.2. The van der Waals surface area contributed by atoms with Gasteiger partial charge in [0.25, 0.3) is 0 Å². The molecule has 0 spiro atoms. The number of nitrogens with zero attached hydrogens (tertiary/aromatic N) is 1. The van der Waals surface area contributed by atoms with Crippen LogP contribution in [0.15, 0.2) is 46.2 Å². The zero-order valence-electron chi connectivity index (χ0n) is 13.3. The molecule has 0 fully saturated rings. The second kappa shape index (κ2) is 7.22. The SMILES string of the molecule is CC.CNc1ccc2c(c1)Sc1cc(NC)ccc1N2C=O. The van der Waals surface area contributed by atoms with Gasteiger partial charge in [0.1, 0.15) is 0 Å². The van der Waals surface area contributed by atoms with E-state index in [9.17, 15) is 4.79 Å². The molecule has 0 saturated carbocycles. The third-order valence-electron chi connectivity index (χ3n) is 3.34. The Bertz CT molecular complexity index is 619. The van der Waals surface area contributed by atoms with E-state index >= 15 is 0 Å². The largest absolute Gasteiger partial charge is 0.388 e. The van der Waals surface area contributed by atoms with Gasteiger partial charge < -0.3 is 10.6 Å². The number of anilines is 4. The van der Waals surface area contributed by atoms with Crippen LogP contribution in [0.2, 0.25) is 0 Å². The minimum atomic E-state index is 0.871. The van der Waals surface area contributed by atoms with Gasteiger partial charge in [-0.2, -0.15) is 0 Å². The molecule has 2 N–H and O–H groups in total. The first-order chi connectivity index (χ1) is 10.8. The Balaban J connectivity index is 0.000000847. The number of nitrogens with one attached hydrogen (secondary N) is 2. The van der Waals surface area contributed by atoms with E-state index in [-0.39, 0.29) is 0 Å². The summed E-state index contributed by atoms with van der Waals surface area (Å²) in [6.07, 6.45) is 0.871. The topological polar surface area (TPSA) is 44.4 Å². The van der Waals surface area contributed by atoms with Crippen molar-refractivity contribution in [1.29, 1.82) is 0 Å². The number of hydrogen-bond donors (Lipinski definition) is 2. The normalized spacial score (nSPS) is 11.5. The third kappa shape index (κ3) is 2.90. The maximum absolute atomic E-state index is 11.5. The lowest BCUT2D eigenvalue weighted by Crippen LogP contribution is -2.18. The number of hydrogen-bond acceptors (Lipinski definition) is 4. The van der Waals surface area contributed by atoms with E-state index in [0.29, 0.717) is 0 Å². The molecule has 2 aromatic rings. The number of carbonyl (C=O) groups is 1. The molecule has 116 valence electrons. The van der Waals surface area contributed by atoms with Gasteiger partial charge in [-0.1, -0.05) is 25.6 Å². The van der Waals surface area contributed by atoms with Gasteiger partial charge in [0.2, 0.25) is 6.41 Å². The Hall–Kier alpha value is -2.14. The van der Waals surface area contributed by atoms with Gasteiger partial charge in [-0.05, 0) is 36.4 Å². The second-order valence-corrected chi connectivity index (χ2v) is 5.53. The fourth-order valence-corrected chi connectivity index (χ4v) is 3.41. The van der Waals surface area contributed by atoms with E-state index in [4.69, 9.17) is 0 Å². The number of rotatable bonds is 3. The summed E-state index contributed by atoms with van der Waals surface area (Å²) >= 11 is 1.68. The highest BCUT2D eigenvalue weighted by molar-refractivity contribution is 7.99. The Morgan fingerprint density at radius 3 is 1.73 bits per heavy atom. The average molecular weight is 315 g/mol. The van der Waals surface area contributed by atoms with Crippen LogP contribution in [-0.4, -0.2) is 20.5 Å². The fraction of sp³-hybridized carbons (Fsp3) is 0.235. The first kappa shape index (κ1) is 16.2. The summed E-state index contributed by atoms with van der Waals surface area (Å²) in [5, 5.41) is 6.25. The molecule has 1 amide bonds. The van der Waals surface area contributed by atoms with Gasteiger partial charge in [-0.3, -0.25) is 9.69 Å². The van der Waals surface area contributed by atoms with Crippen LogP contribution in [0.3, 0.4) is 0 Å². The number of carbonyl (C=O) groups excluding carboxylic acids is 1. The van der Waals surface area contributed by atoms with Crippen molar-refractivity contribution in [2.75, 3.05) is 29.6 Å². The first-order valence-corrected chi connectivity index (χ1v) is 8.14. The summed E-state index contributed by atoms with van der Waals surface area (Å²) in [5.74, 6) is 0. The lowest BCUT2D eigenvalue weighted by Gasteiger charge is -2.28. The smallest absolute Gasteiger partial charge is 0.218 e. The maximum Gasteiger partial charge on any atom is 0.218 e. The van der Waals surface area contributed by atoms with Crippen molar-refractivity contribution >= 4 is 40.9 Å². The maximum atomic E-state index is 11.5. The minimum Gasteiger partial charge on any atom is -0.388 e. The van der Waals surface area contributed by atoms with Gasteiger partial charge in [-0.15, -0.1) is 0 Å². The van der Waals surface area contributed by atoms with Crippen molar-refractivity contribution in [3.63, 3.8) is 0 Å². The molecule has 1 aliphatic rings. The van der Waals surface area contributed by atoms with Crippen LogP contribution in [0.25, 0.3) is 0 Å². The van der Waals surface area contributed by atoms with Crippen molar-refractivity contribution in [2.45, 2.75) is 23.6 Å². The zero-order valence-corrected chi connectivity index (χ0v) is 14.1. The summed E-state index contributed by atoms with van der Waals surface area (Å²) in [6.45, 7) is 4.00. The van der Waals surface area contributed by atoms with Gasteiger partial charge in [-0.25, -0.2) is 0 Å². The summed E-state index contributed by atoms with van der Waals surface area (Å²) in [5.41, 5.74) is 3.92. The van der Waals surface area contributed by atoms with E-state index in [1.807, 2.05) is 52.2 Å². The van der Waals surface area contributed by atoms with Crippen molar-refractivity contribution < 1.29 is 4.79 Å². The van der Waals surface area contributed by atoms with Crippen molar-refractivity contribution in [2.24, 2.45) is 0 Å². The summed E-state index contributed by atoms with van der Waals surface area (Å²) in [6, 6.07) is 12.0. The Morgan fingerprint density at radius 1 is 0.909 bits per heavy atom. The van der Waals surface area contributed by atoms with Crippen LogP contribution in [0.5, 0.6) is 0 Å². The van der Waals surface area contributed by atoms with Gasteiger partial charge in [0.05, 0.1) is 11.4 Å². The van der Waals surface area contributed by atoms with Gasteiger partial charge >= 0.3 is 0 Å². The monoisotopic (exact) mass is 315 g/mol. The molecule has 0 bridgehead atoms. The highest BCUT2D eigenvalue weighted by Crippen LogP contribution is 2.48. The van der Waals surface area contributed by atoms with Crippen LogP contribution in [0.1, 0.15) is 13.8 Å². The average Bonchev–Trinajstić information content (AvgIpc) is 2.60. The van der Waals surface area contributed by atoms with Crippen molar-refractivity contribution in [1.82, 2.24) is 0 Å². The molecule has 2 aromatic carbocycles. The fourth-order valence-electron chi connectivity index (χ4n) is 2.26. The van der Waals surface area contributed by atoms with Crippen LogP contribution in [0.4, 0.5) is 22.7 Å². The molecule has 0 radical (unpaired) electrons.